The van der Waals surface area contributed by atoms with Crippen LogP contribution in [0.25, 0.3) is 0 Å². The van der Waals surface area contributed by atoms with Crippen molar-refractivity contribution in [2.24, 2.45) is 0 Å². The second-order valence-electron chi connectivity index (χ2n) is 4.83. The molecule has 0 radical (unpaired) electrons. The van der Waals surface area contributed by atoms with Gasteiger partial charge in [0.15, 0.2) is 9.84 Å². The average molecular weight is 337 g/mol. The standard InChI is InChI=1S/C12H14Cl2N2O3S/c1-16(8-2-3-20(18,19)6-8)12(17)7-4-9(13)11(15)10(14)5-7/h4-5,8H,2-3,6,15H2,1H3. The molecule has 20 heavy (non-hydrogen) atoms. The maximum atomic E-state index is 12.3. The van der Waals surface area contributed by atoms with Crippen LogP contribution < -0.4 is 5.73 Å². The van der Waals surface area contributed by atoms with Crippen molar-refractivity contribution in [1.82, 2.24) is 4.90 Å². The van der Waals surface area contributed by atoms with Crippen LogP contribution in [-0.4, -0.2) is 43.8 Å². The van der Waals surface area contributed by atoms with Gasteiger partial charge >= 0.3 is 0 Å². The maximum Gasteiger partial charge on any atom is 0.253 e. The molecule has 1 saturated heterocycles. The molecule has 1 unspecified atom stereocenters. The Morgan fingerprint density at radius 3 is 2.35 bits per heavy atom. The Labute approximate surface area is 127 Å². The summed E-state index contributed by atoms with van der Waals surface area (Å²) in [5.74, 6) is -0.222. The molecule has 5 nitrogen and oxygen atoms in total. The van der Waals surface area contributed by atoms with Crippen molar-refractivity contribution in [3.05, 3.63) is 27.7 Å². The van der Waals surface area contributed by atoms with Crippen LogP contribution in [0.5, 0.6) is 0 Å². The number of benzene rings is 1. The fourth-order valence-corrected chi connectivity index (χ4v) is 4.42. The minimum Gasteiger partial charge on any atom is -0.396 e. The number of carbonyl (C=O) groups is 1. The summed E-state index contributed by atoms with van der Waals surface area (Å²) in [4.78, 5) is 13.8. The minimum absolute atomic E-state index is 0.00826. The normalized spacial score (nSPS) is 20.9. The van der Waals surface area contributed by atoms with E-state index in [2.05, 4.69) is 0 Å². The van der Waals surface area contributed by atoms with Crippen molar-refractivity contribution in [2.75, 3.05) is 24.3 Å². The van der Waals surface area contributed by atoms with Crippen molar-refractivity contribution in [3.63, 3.8) is 0 Å². The third-order valence-corrected chi connectivity index (χ3v) is 5.78. The SMILES string of the molecule is CN(C(=O)c1cc(Cl)c(N)c(Cl)c1)C1CCS(=O)(=O)C1. The molecular weight excluding hydrogens is 323 g/mol. The number of hydrogen-bond acceptors (Lipinski definition) is 4. The average Bonchev–Trinajstić information content (AvgIpc) is 2.74. The van der Waals surface area contributed by atoms with E-state index in [1.807, 2.05) is 0 Å². The fourth-order valence-electron chi connectivity index (χ4n) is 2.16. The molecule has 1 aromatic carbocycles. The highest BCUT2D eigenvalue weighted by atomic mass is 35.5. The van der Waals surface area contributed by atoms with Gasteiger partial charge in [0.05, 0.1) is 27.2 Å². The highest BCUT2D eigenvalue weighted by Gasteiger charge is 2.33. The van der Waals surface area contributed by atoms with Crippen molar-refractivity contribution in [2.45, 2.75) is 12.5 Å². The maximum absolute atomic E-state index is 12.3. The number of nitrogens with zero attached hydrogens (tertiary/aromatic N) is 1. The molecule has 8 heteroatoms. The second kappa shape index (κ2) is 5.42. The molecule has 0 bridgehead atoms. The minimum atomic E-state index is -3.05. The second-order valence-corrected chi connectivity index (χ2v) is 7.87. The van der Waals surface area contributed by atoms with E-state index in [1.54, 1.807) is 7.05 Å². The van der Waals surface area contributed by atoms with E-state index >= 15 is 0 Å². The van der Waals surface area contributed by atoms with Gasteiger partial charge in [-0.05, 0) is 18.6 Å². The van der Waals surface area contributed by atoms with E-state index in [1.165, 1.54) is 17.0 Å². The summed E-state index contributed by atoms with van der Waals surface area (Å²) in [7, 11) is -1.47. The summed E-state index contributed by atoms with van der Waals surface area (Å²) < 4.78 is 22.9. The number of sulfone groups is 1. The van der Waals surface area contributed by atoms with Crippen molar-refractivity contribution in [3.8, 4) is 0 Å². The first kappa shape index (κ1) is 15.4. The summed E-state index contributed by atoms with van der Waals surface area (Å²) >= 11 is 11.8. The lowest BCUT2D eigenvalue weighted by atomic mass is 10.1. The molecule has 1 amide bonds. The fraction of sp³-hybridized carbons (Fsp3) is 0.417. The Balaban J connectivity index is 2.24. The van der Waals surface area contributed by atoms with E-state index in [0.29, 0.717) is 12.0 Å². The van der Waals surface area contributed by atoms with Gasteiger partial charge in [0, 0.05) is 18.7 Å². The van der Waals surface area contributed by atoms with E-state index in [4.69, 9.17) is 28.9 Å². The Morgan fingerprint density at radius 2 is 1.90 bits per heavy atom. The smallest absolute Gasteiger partial charge is 0.253 e. The monoisotopic (exact) mass is 336 g/mol. The summed E-state index contributed by atoms with van der Waals surface area (Å²) in [6.07, 6.45) is 0.445. The third-order valence-electron chi connectivity index (χ3n) is 3.40. The summed E-state index contributed by atoms with van der Waals surface area (Å²) in [6, 6.07) is 2.55. The Hall–Kier alpha value is -0.980. The molecule has 1 fully saturated rings. The summed E-state index contributed by atoms with van der Waals surface area (Å²) in [6.45, 7) is 0. The zero-order chi connectivity index (χ0) is 15.1. The van der Waals surface area contributed by atoms with E-state index in [-0.39, 0.29) is 39.2 Å². The molecule has 1 aliphatic rings. The quantitative estimate of drug-likeness (QED) is 0.835. The van der Waals surface area contributed by atoms with Gasteiger partial charge in [0.1, 0.15) is 0 Å². The van der Waals surface area contributed by atoms with Crippen LogP contribution in [0.15, 0.2) is 12.1 Å². The number of carbonyl (C=O) groups excluding carboxylic acids is 1. The topological polar surface area (TPSA) is 80.5 Å². The van der Waals surface area contributed by atoms with Gasteiger partial charge in [-0.25, -0.2) is 8.42 Å². The Bertz CT molecular complexity index is 638. The van der Waals surface area contributed by atoms with Crippen molar-refractivity contribution >= 4 is 44.6 Å². The van der Waals surface area contributed by atoms with Crippen molar-refractivity contribution < 1.29 is 13.2 Å². The van der Waals surface area contributed by atoms with Crippen LogP contribution >= 0.6 is 23.2 Å². The summed E-state index contributed by atoms with van der Waals surface area (Å²) in [5, 5.41) is 0.404. The van der Waals surface area contributed by atoms with E-state index in [0.717, 1.165) is 0 Å². The predicted molar refractivity (Wildman–Crippen MR) is 80.0 cm³/mol. The molecule has 0 aromatic heterocycles. The lowest BCUT2D eigenvalue weighted by Crippen LogP contribution is -2.37. The van der Waals surface area contributed by atoms with E-state index in [9.17, 15) is 13.2 Å². The number of hydrogen-bond donors (Lipinski definition) is 1. The van der Waals surface area contributed by atoms with Gasteiger partial charge in [0.2, 0.25) is 0 Å². The molecule has 2 N–H and O–H groups in total. The number of anilines is 1. The molecule has 110 valence electrons. The van der Waals surface area contributed by atoms with Crippen LogP contribution in [0.2, 0.25) is 10.0 Å². The molecule has 2 rings (SSSR count). The first-order valence-electron chi connectivity index (χ1n) is 5.93. The molecule has 1 aliphatic heterocycles. The molecule has 0 spiro atoms. The number of nitrogens with two attached hydrogens (primary N) is 1. The van der Waals surface area contributed by atoms with Gasteiger partial charge < -0.3 is 10.6 Å². The van der Waals surface area contributed by atoms with Gasteiger partial charge in [0.25, 0.3) is 5.91 Å². The molecule has 0 saturated carbocycles. The van der Waals surface area contributed by atoms with Crippen LogP contribution in [-0.2, 0) is 9.84 Å². The number of halogens is 2. The first-order chi connectivity index (χ1) is 9.21. The number of rotatable bonds is 2. The number of nitrogen functional groups attached to an aromatic ring is 1. The van der Waals surface area contributed by atoms with Gasteiger partial charge in [-0.2, -0.15) is 0 Å². The molecular formula is C12H14Cl2N2O3S. The first-order valence-corrected chi connectivity index (χ1v) is 8.51. The zero-order valence-corrected chi connectivity index (χ0v) is 13.1. The number of amides is 1. The van der Waals surface area contributed by atoms with Crippen LogP contribution in [0.1, 0.15) is 16.8 Å². The Kier molecular flexibility index (Phi) is 4.18. The van der Waals surface area contributed by atoms with Crippen LogP contribution in [0.4, 0.5) is 5.69 Å². The molecule has 1 heterocycles. The highest BCUT2D eigenvalue weighted by Crippen LogP contribution is 2.30. The molecule has 0 aliphatic carbocycles. The van der Waals surface area contributed by atoms with Crippen LogP contribution in [0.3, 0.4) is 0 Å². The highest BCUT2D eigenvalue weighted by molar-refractivity contribution is 7.91. The van der Waals surface area contributed by atoms with Crippen molar-refractivity contribution in [1.29, 1.82) is 0 Å². The third kappa shape index (κ3) is 3.02. The molecule has 1 atom stereocenters. The van der Waals surface area contributed by atoms with Gasteiger partial charge in [-0.1, -0.05) is 23.2 Å². The van der Waals surface area contributed by atoms with Gasteiger partial charge in [-0.15, -0.1) is 0 Å². The van der Waals surface area contributed by atoms with Crippen LogP contribution in [0, 0.1) is 0 Å². The summed E-state index contributed by atoms with van der Waals surface area (Å²) in [5.41, 5.74) is 6.13. The zero-order valence-electron chi connectivity index (χ0n) is 10.8. The molecule has 1 aromatic rings. The lowest BCUT2D eigenvalue weighted by Gasteiger charge is -2.23. The Morgan fingerprint density at radius 1 is 1.35 bits per heavy atom. The van der Waals surface area contributed by atoms with Gasteiger partial charge in [-0.3, -0.25) is 4.79 Å². The van der Waals surface area contributed by atoms with E-state index < -0.39 is 9.84 Å². The lowest BCUT2D eigenvalue weighted by molar-refractivity contribution is 0.0747. The largest absolute Gasteiger partial charge is 0.396 e. The predicted octanol–water partition coefficient (Wildman–Crippen LogP) is 1.83.